The maximum absolute atomic E-state index is 14.0. The fourth-order valence-electron chi connectivity index (χ4n) is 4.08. The molecule has 0 radical (unpaired) electrons. The van der Waals surface area contributed by atoms with Gasteiger partial charge in [-0.1, -0.05) is 36.4 Å². The van der Waals surface area contributed by atoms with Crippen molar-refractivity contribution in [3.63, 3.8) is 0 Å². The van der Waals surface area contributed by atoms with Crippen LogP contribution in [-0.4, -0.2) is 50.9 Å². The molecule has 0 spiro atoms. The van der Waals surface area contributed by atoms with Crippen LogP contribution in [0, 0.1) is 13.8 Å². The van der Waals surface area contributed by atoms with Crippen molar-refractivity contribution in [2.45, 2.75) is 58.1 Å². The predicted octanol–water partition coefficient (Wildman–Crippen LogP) is 4.45. The van der Waals surface area contributed by atoms with E-state index >= 15 is 0 Å². The van der Waals surface area contributed by atoms with E-state index in [9.17, 15) is 18.0 Å². The molecule has 0 aliphatic carbocycles. The van der Waals surface area contributed by atoms with Crippen molar-refractivity contribution in [1.29, 1.82) is 0 Å². The van der Waals surface area contributed by atoms with Crippen LogP contribution in [0.2, 0.25) is 0 Å². The Bertz CT molecular complexity index is 1410. The van der Waals surface area contributed by atoms with Gasteiger partial charge in [-0.3, -0.25) is 13.9 Å². The number of aryl methyl sites for hydroxylation is 2. The molecule has 0 aliphatic rings. The fraction of sp³-hybridized carbons (Fsp3) is 0.333. The minimum absolute atomic E-state index is 0.0703. The van der Waals surface area contributed by atoms with E-state index in [0.717, 1.165) is 21.0 Å². The number of hydrogen-bond acceptors (Lipinski definition) is 5. The first-order valence-corrected chi connectivity index (χ1v) is 14.3. The number of anilines is 1. The second kappa shape index (κ2) is 12.8. The van der Waals surface area contributed by atoms with Crippen LogP contribution in [0.4, 0.5) is 5.69 Å². The Morgan fingerprint density at radius 2 is 1.59 bits per heavy atom. The normalized spacial score (nSPS) is 12.1. The Kier molecular flexibility index (Phi) is 9.75. The first-order valence-electron chi connectivity index (χ1n) is 12.8. The van der Waals surface area contributed by atoms with Crippen molar-refractivity contribution in [3.8, 4) is 5.75 Å². The van der Waals surface area contributed by atoms with Crippen molar-refractivity contribution in [1.82, 2.24) is 10.2 Å². The monoisotopic (exact) mass is 551 g/mol. The van der Waals surface area contributed by atoms with Gasteiger partial charge in [-0.25, -0.2) is 8.42 Å². The smallest absolute Gasteiger partial charge is 0.264 e. The van der Waals surface area contributed by atoms with Crippen molar-refractivity contribution < 1.29 is 22.7 Å². The summed E-state index contributed by atoms with van der Waals surface area (Å²) in [5, 5.41) is 2.85. The molecular formula is C30H37N3O5S. The SMILES string of the molecule is COc1cccc(CN(C(=O)CN(c2ccc(C)c(C)c2)S(=O)(=O)c2ccccc2)[C@H](C)C(=O)NC(C)C)c1. The Hall–Kier alpha value is -3.85. The third-order valence-corrected chi connectivity index (χ3v) is 8.26. The van der Waals surface area contributed by atoms with Gasteiger partial charge in [0.25, 0.3) is 10.0 Å². The second-order valence-corrected chi connectivity index (χ2v) is 11.7. The number of amides is 2. The highest BCUT2D eigenvalue weighted by Gasteiger charge is 2.32. The van der Waals surface area contributed by atoms with Gasteiger partial charge in [-0.05, 0) is 87.7 Å². The maximum atomic E-state index is 14.0. The van der Waals surface area contributed by atoms with Gasteiger partial charge in [0.1, 0.15) is 18.3 Å². The molecule has 0 aliphatic heterocycles. The Balaban J connectivity index is 2.05. The van der Waals surface area contributed by atoms with Crippen LogP contribution in [0.15, 0.2) is 77.7 Å². The summed E-state index contributed by atoms with van der Waals surface area (Å²) in [6.07, 6.45) is 0. The number of ether oxygens (including phenoxy) is 1. The molecular weight excluding hydrogens is 514 g/mol. The molecule has 0 bridgehead atoms. The highest BCUT2D eigenvalue weighted by molar-refractivity contribution is 7.92. The van der Waals surface area contributed by atoms with Gasteiger partial charge in [-0.2, -0.15) is 0 Å². The lowest BCUT2D eigenvalue weighted by Crippen LogP contribution is -2.52. The largest absolute Gasteiger partial charge is 0.497 e. The van der Waals surface area contributed by atoms with Crippen molar-refractivity contribution in [2.75, 3.05) is 18.0 Å². The van der Waals surface area contributed by atoms with E-state index in [0.29, 0.717) is 11.4 Å². The van der Waals surface area contributed by atoms with Gasteiger partial charge in [0.05, 0.1) is 17.7 Å². The average Bonchev–Trinajstić information content (AvgIpc) is 2.91. The van der Waals surface area contributed by atoms with Crippen LogP contribution in [0.25, 0.3) is 0 Å². The standard InChI is InChI=1S/C30H37N3O5S/c1-21(2)31-30(35)24(5)32(19-25-11-10-12-27(18-25)38-6)29(34)20-33(26-16-15-22(3)23(4)17-26)39(36,37)28-13-8-7-9-14-28/h7-18,21,24H,19-20H2,1-6H3,(H,31,35)/t24-/m1/s1. The van der Waals surface area contributed by atoms with E-state index in [-0.39, 0.29) is 23.4 Å². The summed E-state index contributed by atoms with van der Waals surface area (Å²) < 4.78 is 34.1. The third-order valence-electron chi connectivity index (χ3n) is 6.47. The summed E-state index contributed by atoms with van der Waals surface area (Å²) in [4.78, 5) is 28.4. The average molecular weight is 552 g/mol. The molecule has 8 nitrogen and oxygen atoms in total. The van der Waals surface area contributed by atoms with E-state index in [1.165, 1.54) is 17.0 Å². The summed E-state index contributed by atoms with van der Waals surface area (Å²) in [7, 11) is -2.54. The molecule has 1 N–H and O–H groups in total. The topological polar surface area (TPSA) is 96.0 Å². The molecule has 0 fully saturated rings. The molecule has 3 rings (SSSR count). The summed E-state index contributed by atoms with van der Waals surface area (Å²) in [5.41, 5.74) is 3.01. The third kappa shape index (κ3) is 7.38. The van der Waals surface area contributed by atoms with Gasteiger partial charge in [0, 0.05) is 12.6 Å². The van der Waals surface area contributed by atoms with Crippen LogP contribution in [0.5, 0.6) is 5.75 Å². The zero-order chi connectivity index (χ0) is 28.7. The Morgan fingerprint density at radius 3 is 2.21 bits per heavy atom. The van der Waals surface area contributed by atoms with Gasteiger partial charge in [0.2, 0.25) is 11.8 Å². The van der Waals surface area contributed by atoms with Crippen molar-refractivity contribution in [3.05, 3.63) is 89.5 Å². The lowest BCUT2D eigenvalue weighted by molar-refractivity contribution is -0.139. The molecule has 1 atom stereocenters. The van der Waals surface area contributed by atoms with Gasteiger partial charge in [0.15, 0.2) is 0 Å². The number of benzene rings is 3. The number of hydrogen-bond donors (Lipinski definition) is 1. The Morgan fingerprint density at radius 1 is 0.897 bits per heavy atom. The lowest BCUT2D eigenvalue weighted by Gasteiger charge is -2.32. The molecule has 0 aromatic heterocycles. The molecule has 2 amide bonds. The van der Waals surface area contributed by atoms with Crippen LogP contribution in [-0.2, 0) is 26.2 Å². The predicted molar refractivity (Wildman–Crippen MR) is 153 cm³/mol. The number of methoxy groups -OCH3 is 1. The molecule has 39 heavy (non-hydrogen) atoms. The molecule has 3 aromatic carbocycles. The van der Waals surface area contributed by atoms with Crippen LogP contribution in [0.3, 0.4) is 0 Å². The number of sulfonamides is 1. The highest BCUT2D eigenvalue weighted by atomic mass is 32.2. The number of rotatable bonds is 11. The second-order valence-electron chi connectivity index (χ2n) is 9.81. The van der Waals surface area contributed by atoms with E-state index in [2.05, 4.69) is 5.32 Å². The molecule has 3 aromatic rings. The van der Waals surface area contributed by atoms with Gasteiger partial charge >= 0.3 is 0 Å². The number of nitrogens with one attached hydrogen (secondary N) is 1. The molecule has 0 saturated heterocycles. The number of nitrogens with zero attached hydrogens (tertiary/aromatic N) is 2. The highest BCUT2D eigenvalue weighted by Crippen LogP contribution is 2.26. The summed E-state index contributed by atoms with van der Waals surface area (Å²) >= 11 is 0. The van der Waals surface area contributed by atoms with Crippen LogP contribution < -0.4 is 14.4 Å². The van der Waals surface area contributed by atoms with E-state index < -0.39 is 28.5 Å². The summed E-state index contributed by atoms with van der Waals surface area (Å²) in [5.74, 6) is -0.227. The van der Waals surface area contributed by atoms with Gasteiger partial charge in [-0.15, -0.1) is 0 Å². The minimum Gasteiger partial charge on any atom is -0.497 e. The lowest BCUT2D eigenvalue weighted by atomic mass is 10.1. The molecule has 0 saturated carbocycles. The quantitative estimate of drug-likeness (QED) is 0.380. The van der Waals surface area contributed by atoms with Gasteiger partial charge < -0.3 is 15.0 Å². The molecule has 9 heteroatoms. The maximum Gasteiger partial charge on any atom is 0.264 e. The molecule has 0 unspecified atom stereocenters. The zero-order valence-electron chi connectivity index (χ0n) is 23.3. The first kappa shape index (κ1) is 29.7. The van der Waals surface area contributed by atoms with Crippen molar-refractivity contribution in [2.24, 2.45) is 0 Å². The minimum atomic E-state index is -4.10. The first-order chi connectivity index (χ1) is 18.4. The van der Waals surface area contributed by atoms with E-state index in [1.54, 1.807) is 62.6 Å². The molecule has 208 valence electrons. The van der Waals surface area contributed by atoms with E-state index in [4.69, 9.17) is 4.74 Å². The number of carbonyl (C=O) groups is 2. The van der Waals surface area contributed by atoms with Crippen LogP contribution in [0.1, 0.15) is 37.5 Å². The van der Waals surface area contributed by atoms with E-state index in [1.807, 2.05) is 39.8 Å². The zero-order valence-corrected chi connectivity index (χ0v) is 24.2. The van der Waals surface area contributed by atoms with Crippen molar-refractivity contribution >= 4 is 27.5 Å². The number of carbonyl (C=O) groups excluding carboxylic acids is 2. The molecule has 0 heterocycles. The Labute approximate surface area is 231 Å². The summed E-state index contributed by atoms with van der Waals surface area (Å²) in [6, 6.07) is 19.5. The van der Waals surface area contributed by atoms with Crippen LogP contribution >= 0.6 is 0 Å². The fourth-order valence-corrected chi connectivity index (χ4v) is 5.51. The summed E-state index contributed by atoms with van der Waals surface area (Å²) in [6.45, 7) is 8.76.